The van der Waals surface area contributed by atoms with Gasteiger partial charge in [0.05, 0.1) is 6.54 Å². The van der Waals surface area contributed by atoms with Crippen molar-refractivity contribution in [3.8, 4) is 11.5 Å². The zero-order chi connectivity index (χ0) is 15.9. The molecule has 0 aliphatic carbocycles. The molecule has 7 nitrogen and oxygen atoms in total. The van der Waals surface area contributed by atoms with Crippen LogP contribution in [0.5, 0.6) is 0 Å². The van der Waals surface area contributed by atoms with E-state index in [0.29, 0.717) is 31.0 Å². The van der Waals surface area contributed by atoms with E-state index in [1.165, 1.54) is 9.25 Å². The Bertz CT molecular complexity index is 675. The van der Waals surface area contributed by atoms with Gasteiger partial charge in [-0.1, -0.05) is 19.4 Å². The Morgan fingerprint density at radius 1 is 1.36 bits per heavy atom. The number of aromatic nitrogens is 4. The predicted octanol–water partition coefficient (Wildman–Crippen LogP) is 0.950. The molecule has 0 saturated carbocycles. The van der Waals surface area contributed by atoms with Crippen LogP contribution in [0, 0.1) is 0 Å². The molecule has 2 heterocycles. The fourth-order valence-corrected chi connectivity index (χ4v) is 2.08. The average Bonchev–Trinajstić information content (AvgIpc) is 2.82. The molecule has 118 valence electrons. The first-order valence-corrected chi connectivity index (χ1v) is 7.45. The Morgan fingerprint density at radius 3 is 2.86 bits per heavy atom. The third-order valence-electron chi connectivity index (χ3n) is 3.34. The topological polar surface area (TPSA) is 81.8 Å². The first-order chi connectivity index (χ1) is 10.6. The summed E-state index contributed by atoms with van der Waals surface area (Å²) < 4.78 is 2.81. The molecule has 0 atom stereocenters. The number of unbranched alkanes of at least 4 members (excludes halogenated alkanes) is 1. The van der Waals surface area contributed by atoms with E-state index in [1.54, 1.807) is 19.3 Å². The molecule has 22 heavy (non-hydrogen) atoms. The Hall–Kier alpha value is -2.44. The van der Waals surface area contributed by atoms with Gasteiger partial charge in [0, 0.05) is 26.2 Å². The Morgan fingerprint density at radius 2 is 2.18 bits per heavy atom. The van der Waals surface area contributed by atoms with E-state index >= 15 is 0 Å². The highest BCUT2D eigenvalue weighted by Gasteiger charge is 2.12. The minimum atomic E-state index is -0.219. The van der Waals surface area contributed by atoms with Crippen molar-refractivity contribution in [1.82, 2.24) is 24.6 Å². The van der Waals surface area contributed by atoms with Gasteiger partial charge < -0.3 is 5.32 Å². The van der Waals surface area contributed by atoms with E-state index in [0.717, 1.165) is 12.8 Å². The molecule has 7 heteroatoms. The van der Waals surface area contributed by atoms with Crippen molar-refractivity contribution in [2.75, 3.05) is 6.54 Å². The summed E-state index contributed by atoms with van der Waals surface area (Å²) in [5, 5.41) is 7.09. The number of hydrogen-bond donors (Lipinski definition) is 1. The zero-order valence-corrected chi connectivity index (χ0v) is 13.0. The van der Waals surface area contributed by atoms with E-state index in [-0.39, 0.29) is 11.6 Å². The van der Waals surface area contributed by atoms with Crippen LogP contribution in [-0.4, -0.2) is 31.8 Å². The largest absolute Gasteiger partial charge is 0.354 e. The molecule has 2 rings (SSSR count). The van der Waals surface area contributed by atoms with Crippen LogP contribution in [-0.2, 0) is 18.4 Å². The van der Waals surface area contributed by atoms with Gasteiger partial charge in [0.15, 0.2) is 5.82 Å². The lowest BCUT2D eigenvalue weighted by Gasteiger charge is -2.03. The zero-order valence-electron chi connectivity index (χ0n) is 13.0. The lowest BCUT2D eigenvalue weighted by molar-refractivity contribution is -0.121. The normalized spacial score (nSPS) is 10.6. The van der Waals surface area contributed by atoms with Crippen LogP contribution in [0.25, 0.3) is 11.5 Å². The third kappa shape index (κ3) is 3.81. The summed E-state index contributed by atoms with van der Waals surface area (Å²) in [4.78, 5) is 27.9. The second-order valence-electron chi connectivity index (χ2n) is 5.06. The van der Waals surface area contributed by atoms with E-state index < -0.39 is 0 Å². The fourth-order valence-electron chi connectivity index (χ4n) is 2.08. The smallest absolute Gasteiger partial charge is 0.346 e. The van der Waals surface area contributed by atoms with Crippen molar-refractivity contribution in [3.05, 3.63) is 34.9 Å². The summed E-state index contributed by atoms with van der Waals surface area (Å²) in [7, 11) is 1.66. The van der Waals surface area contributed by atoms with Crippen LogP contribution in [0.15, 0.2) is 29.2 Å². The highest BCUT2D eigenvalue weighted by molar-refractivity contribution is 5.75. The van der Waals surface area contributed by atoms with Crippen LogP contribution in [0.3, 0.4) is 0 Å². The molecular formula is C15H21N5O2. The van der Waals surface area contributed by atoms with Gasteiger partial charge in [-0.2, -0.15) is 0 Å². The lowest BCUT2D eigenvalue weighted by atomic mass is 10.2. The van der Waals surface area contributed by atoms with Crippen LogP contribution in [0.2, 0.25) is 0 Å². The van der Waals surface area contributed by atoms with Crippen molar-refractivity contribution in [3.63, 3.8) is 0 Å². The Balaban J connectivity index is 2.01. The van der Waals surface area contributed by atoms with Gasteiger partial charge in [-0.3, -0.25) is 14.3 Å². The maximum absolute atomic E-state index is 12.1. The fraction of sp³-hybridized carbons (Fsp3) is 0.467. The summed E-state index contributed by atoms with van der Waals surface area (Å²) in [6, 6.07) is 5.46. The standard InChI is InChI=1S/C15H21N5O2/c1-3-4-8-13(21)17-10-11-20-15(22)19(2)14(18-20)12-7-5-6-9-16-12/h5-7,9H,3-4,8,10-11H2,1-2H3,(H,17,21). The van der Waals surface area contributed by atoms with Crippen molar-refractivity contribution in [2.45, 2.75) is 32.7 Å². The SMILES string of the molecule is CCCCC(=O)NCCn1nc(-c2ccccn2)n(C)c1=O. The maximum atomic E-state index is 12.1. The third-order valence-corrected chi connectivity index (χ3v) is 3.34. The summed E-state index contributed by atoms with van der Waals surface area (Å²) in [5.74, 6) is 0.527. The van der Waals surface area contributed by atoms with E-state index in [2.05, 4.69) is 15.4 Å². The van der Waals surface area contributed by atoms with Gasteiger partial charge in [0.2, 0.25) is 5.91 Å². The molecule has 0 unspecified atom stereocenters. The second-order valence-corrected chi connectivity index (χ2v) is 5.06. The molecule has 2 aromatic heterocycles. The maximum Gasteiger partial charge on any atom is 0.346 e. The van der Waals surface area contributed by atoms with Crippen molar-refractivity contribution < 1.29 is 4.79 Å². The highest BCUT2D eigenvalue weighted by Crippen LogP contribution is 2.10. The van der Waals surface area contributed by atoms with Crippen LogP contribution >= 0.6 is 0 Å². The number of carbonyl (C=O) groups is 1. The van der Waals surface area contributed by atoms with Crippen molar-refractivity contribution in [1.29, 1.82) is 0 Å². The van der Waals surface area contributed by atoms with E-state index in [4.69, 9.17) is 0 Å². The van der Waals surface area contributed by atoms with Crippen LogP contribution in [0.4, 0.5) is 0 Å². The number of nitrogens with zero attached hydrogens (tertiary/aromatic N) is 4. The number of carbonyl (C=O) groups excluding carboxylic acids is 1. The van der Waals surface area contributed by atoms with Gasteiger partial charge in [-0.15, -0.1) is 5.10 Å². The number of nitrogens with one attached hydrogen (secondary N) is 1. The highest BCUT2D eigenvalue weighted by atomic mass is 16.2. The number of amides is 1. The van der Waals surface area contributed by atoms with Crippen LogP contribution in [0.1, 0.15) is 26.2 Å². The molecule has 0 radical (unpaired) electrons. The van der Waals surface area contributed by atoms with E-state index in [1.807, 2.05) is 19.1 Å². The molecule has 0 bridgehead atoms. The summed E-state index contributed by atoms with van der Waals surface area (Å²) in [6.07, 6.45) is 4.04. The summed E-state index contributed by atoms with van der Waals surface area (Å²) in [5.41, 5.74) is 0.427. The minimum absolute atomic E-state index is 0.00998. The number of rotatable bonds is 7. The molecule has 0 aliphatic heterocycles. The first-order valence-electron chi connectivity index (χ1n) is 7.45. The minimum Gasteiger partial charge on any atom is -0.354 e. The average molecular weight is 303 g/mol. The van der Waals surface area contributed by atoms with Crippen LogP contribution < -0.4 is 11.0 Å². The predicted molar refractivity (Wildman–Crippen MR) is 83.2 cm³/mol. The van der Waals surface area contributed by atoms with Gasteiger partial charge in [0.25, 0.3) is 0 Å². The van der Waals surface area contributed by atoms with Gasteiger partial charge >= 0.3 is 5.69 Å². The first kappa shape index (κ1) is 15.9. The molecule has 0 spiro atoms. The lowest BCUT2D eigenvalue weighted by Crippen LogP contribution is -2.31. The molecular weight excluding hydrogens is 282 g/mol. The summed E-state index contributed by atoms with van der Waals surface area (Å²) in [6.45, 7) is 2.78. The van der Waals surface area contributed by atoms with Crippen molar-refractivity contribution in [2.24, 2.45) is 7.05 Å². The quantitative estimate of drug-likeness (QED) is 0.825. The molecule has 0 saturated heterocycles. The molecule has 0 aromatic carbocycles. The molecule has 1 N–H and O–H groups in total. The second kappa shape index (κ2) is 7.53. The van der Waals surface area contributed by atoms with E-state index in [9.17, 15) is 9.59 Å². The Labute approximate surface area is 129 Å². The van der Waals surface area contributed by atoms with Gasteiger partial charge in [-0.05, 0) is 18.6 Å². The number of pyridine rings is 1. The number of hydrogen-bond acceptors (Lipinski definition) is 4. The monoisotopic (exact) mass is 303 g/mol. The van der Waals surface area contributed by atoms with Gasteiger partial charge in [0.1, 0.15) is 5.69 Å². The van der Waals surface area contributed by atoms with Gasteiger partial charge in [-0.25, -0.2) is 9.48 Å². The van der Waals surface area contributed by atoms with Crippen molar-refractivity contribution >= 4 is 5.91 Å². The molecule has 0 aliphatic rings. The Kier molecular flexibility index (Phi) is 5.46. The molecule has 0 fully saturated rings. The molecule has 1 amide bonds. The molecule has 2 aromatic rings. The summed E-state index contributed by atoms with van der Waals surface area (Å²) >= 11 is 0.